The number of nitrogens with zero attached hydrogens (tertiary/aromatic N) is 4. The molecule has 1 aliphatic rings. The van der Waals surface area contributed by atoms with E-state index in [-0.39, 0.29) is 57.4 Å². The van der Waals surface area contributed by atoms with E-state index in [0.717, 1.165) is 32.3 Å². The second-order valence-electron chi connectivity index (χ2n) is 16.2. The van der Waals surface area contributed by atoms with E-state index in [4.69, 9.17) is 59.6 Å². The summed E-state index contributed by atoms with van der Waals surface area (Å²) >= 11 is 7.87. The van der Waals surface area contributed by atoms with Crippen molar-refractivity contribution in [3.63, 3.8) is 0 Å². The lowest BCUT2D eigenvalue weighted by Gasteiger charge is -2.29. The second-order valence-corrected chi connectivity index (χ2v) is 17.9. The number of aromatic nitrogens is 3. The number of carbonyl (C=O) groups excluding carboxylic acids is 2. The topological polar surface area (TPSA) is 183 Å². The Morgan fingerprint density at radius 2 is 1.34 bits per heavy atom. The summed E-state index contributed by atoms with van der Waals surface area (Å²) < 4.78 is 47.2. The number of esters is 1. The number of halogens is 1. The number of carbonyl (C=O) groups is 2. The number of ether oxygens (including phenoxy) is 8. The number of aliphatic hydroxyl groups is 1. The molecule has 1 aliphatic heterocycles. The molecule has 2 aromatic heterocycles. The zero-order valence-corrected chi connectivity index (χ0v) is 38.3. The molecule has 2 N–H and O–H groups in total. The van der Waals surface area contributed by atoms with Crippen molar-refractivity contribution in [2.24, 2.45) is 15.8 Å². The largest absolute Gasteiger partial charge is 0.463 e. The van der Waals surface area contributed by atoms with E-state index in [1.54, 1.807) is 11.3 Å². The van der Waals surface area contributed by atoms with E-state index < -0.39 is 17.4 Å². The minimum absolute atomic E-state index is 0.0215. The fraction of sp³-hybridized carbons (Fsp3) is 0.651. The van der Waals surface area contributed by atoms with Gasteiger partial charge in [0, 0.05) is 33.0 Å². The van der Waals surface area contributed by atoms with Gasteiger partial charge in [0.1, 0.15) is 30.1 Å². The van der Waals surface area contributed by atoms with Gasteiger partial charge in [0.15, 0.2) is 5.82 Å². The van der Waals surface area contributed by atoms with Crippen molar-refractivity contribution in [3.8, 4) is 5.00 Å². The maximum absolute atomic E-state index is 13.1. The van der Waals surface area contributed by atoms with Gasteiger partial charge < -0.3 is 48.3 Å². The number of aliphatic imine (C=N–C) groups is 1. The maximum Gasteiger partial charge on any atom is 0.308 e. The van der Waals surface area contributed by atoms with Gasteiger partial charge in [-0.05, 0) is 43.9 Å². The quantitative estimate of drug-likeness (QED) is 0.0702. The number of aliphatic hydroxyl groups excluding tert-OH is 1. The van der Waals surface area contributed by atoms with Crippen molar-refractivity contribution in [1.29, 1.82) is 0 Å². The molecule has 2 atom stereocenters. The molecule has 16 nitrogen and oxygen atoms in total. The van der Waals surface area contributed by atoms with Crippen LogP contribution in [0.5, 0.6) is 0 Å². The maximum atomic E-state index is 13.1. The van der Waals surface area contributed by atoms with Crippen molar-refractivity contribution in [2.75, 3.05) is 112 Å². The van der Waals surface area contributed by atoms with Crippen LogP contribution in [0.2, 0.25) is 5.02 Å². The highest BCUT2D eigenvalue weighted by atomic mass is 35.5. The van der Waals surface area contributed by atoms with Gasteiger partial charge in [-0.15, -0.1) is 21.5 Å². The summed E-state index contributed by atoms with van der Waals surface area (Å²) in [6, 6.07) is 6.92. The van der Waals surface area contributed by atoms with Gasteiger partial charge >= 0.3 is 5.97 Å². The number of thiophene rings is 1. The van der Waals surface area contributed by atoms with Gasteiger partial charge in [-0.1, -0.05) is 51.4 Å². The van der Waals surface area contributed by atoms with Crippen LogP contribution >= 0.6 is 22.9 Å². The predicted molar refractivity (Wildman–Crippen MR) is 232 cm³/mol. The van der Waals surface area contributed by atoms with Crippen LogP contribution in [0.15, 0.2) is 29.3 Å². The minimum atomic E-state index is -0.618. The molecule has 340 valence electrons. The summed E-state index contributed by atoms with van der Waals surface area (Å²) in [4.78, 5) is 31.7. The van der Waals surface area contributed by atoms with E-state index >= 15 is 0 Å². The molecule has 4 rings (SSSR count). The Morgan fingerprint density at radius 3 is 1.93 bits per heavy atom. The highest BCUT2D eigenvalue weighted by molar-refractivity contribution is 7.15. The van der Waals surface area contributed by atoms with Crippen LogP contribution in [0.25, 0.3) is 5.00 Å². The summed E-state index contributed by atoms with van der Waals surface area (Å²) in [5.74, 6) is 0.694. The first-order chi connectivity index (χ1) is 29.2. The average Bonchev–Trinajstić information content (AvgIpc) is 3.70. The van der Waals surface area contributed by atoms with Crippen LogP contribution < -0.4 is 5.32 Å². The first-order valence-electron chi connectivity index (χ1n) is 20.6. The van der Waals surface area contributed by atoms with Crippen LogP contribution in [-0.2, 0) is 47.5 Å². The Labute approximate surface area is 368 Å². The minimum Gasteiger partial charge on any atom is -0.463 e. The molecule has 3 aromatic rings. The third kappa shape index (κ3) is 17.0. The molecule has 18 heteroatoms. The molecule has 0 radical (unpaired) electrons. The monoisotopic (exact) mass is 893 g/mol. The van der Waals surface area contributed by atoms with Crippen molar-refractivity contribution in [2.45, 2.75) is 60.9 Å². The van der Waals surface area contributed by atoms with Crippen molar-refractivity contribution in [1.82, 2.24) is 20.1 Å². The molecule has 0 bridgehead atoms. The van der Waals surface area contributed by atoms with Crippen LogP contribution in [0.3, 0.4) is 0 Å². The third-order valence-corrected chi connectivity index (χ3v) is 10.8. The smallest absolute Gasteiger partial charge is 0.308 e. The van der Waals surface area contributed by atoms with Gasteiger partial charge in [-0.2, -0.15) is 0 Å². The fourth-order valence-electron chi connectivity index (χ4n) is 6.07. The van der Waals surface area contributed by atoms with E-state index in [0.29, 0.717) is 89.3 Å². The number of hydrogen-bond donors (Lipinski definition) is 2. The Bertz CT molecular complexity index is 1830. The average molecular weight is 895 g/mol. The number of fused-ring (bicyclic) bond motifs is 3. The Morgan fingerprint density at radius 1 is 0.787 bits per heavy atom. The van der Waals surface area contributed by atoms with Gasteiger partial charge in [0.2, 0.25) is 5.91 Å². The fourth-order valence-corrected chi connectivity index (χ4v) is 7.41. The van der Waals surface area contributed by atoms with Gasteiger partial charge in [-0.25, -0.2) is 0 Å². The van der Waals surface area contributed by atoms with E-state index in [9.17, 15) is 9.59 Å². The Kier molecular flexibility index (Phi) is 21.2. The zero-order valence-electron chi connectivity index (χ0n) is 36.7. The molecule has 0 saturated carbocycles. The molecule has 0 aliphatic carbocycles. The van der Waals surface area contributed by atoms with Crippen LogP contribution in [0, 0.1) is 31.6 Å². The zero-order chi connectivity index (χ0) is 44.3. The van der Waals surface area contributed by atoms with E-state index in [2.05, 4.69) is 29.4 Å². The van der Waals surface area contributed by atoms with Crippen LogP contribution in [0.4, 0.5) is 0 Å². The summed E-state index contributed by atoms with van der Waals surface area (Å²) in [5, 5.41) is 22.1. The first-order valence-corrected chi connectivity index (χ1v) is 21.8. The first kappa shape index (κ1) is 50.3. The SMILES string of the molecule is Cc1sc2c(c1C)C(c1ccc(Cl)cc1)=N[C@@H](CC(=O)OCCOCCOCCOCC(C)(COCCOCCOCCO)COCC(=O)NCC(C)(C)C)c1nnc(C)n1-2. The number of nitrogens with one attached hydrogen (secondary N) is 1. The number of amides is 1. The summed E-state index contributed by atoms with van der Waals surface area (Å²) in [5.41, 5.74) is 3.21. The van der Waals surface area contributed by atoms with Gasteiger partial charge in [-0.3, -0.25) is 19.1 Å². The summed E-state index contributed by atoms with van der Waals surface area (Å²) in [6.45, 7) is 19.0. The molecule has 0 spiro atoms. The van der Waals surface area contributed by atoms with E-state index in [1.807, 2.05) is 63.5 Å². The van der Waals surface area contributed by atoms with Gasteiger partial charge in [0.25, 0.3) is 0 Å². The molecule has 3 heterocycles. The lowest BCUT2D eigenvalue weighted by atomic mass is 9.94. The molecule has 0 saturated heterocycles. The normalized spacial score (nSPS) is 14.8. The highest BCUT2D eigenvalue weighted by Gasteiger charge is 2.33. The summed E-state index contributed by atoms with van der Waals surface area (Å²) in [7, 11) is 0. The number of aryl methyl sites for hydroxylation is 2. The van der Waals surface area contributed by atoms with Crippen molar-refractivity contribution < 1.29 is 52.6 Å². The molecule has 1 aromatic carbocycles. The lowest BCUT2D eigenvalue weighted by molar-refractivity contribution is -0.145. The number of rotatable bonds is 29. The second kappa shape index (κ2) is 25.7. The Hall–Kier alpha value is -3.36. The standard InChI is InChI=1S/C43H64ClN5O11S/c1-30-31(2)61-41-38(30)39(33-8-10-34(44)11-9-33)46-35(40-48-47-32(3)49(40)41)24-37(52)60-23-22-56-17-16-55-19-21-58-28-43(7,27-57-20-18-54-15-14-53-13-12-50)29-59-25-36(51)45-26-42(4,5)6/h8-11,35,50H,12-29H2,1-7H3,(H,45,51)/t35-,43?/m0/s1. The van der Waals surface area contributed by atoms with E-state index in [1.165, 1.54) is 0 Å². The third-order valence-electron chi connectivity index (χ3n) is 9.33. The molecule has 1 unspecified atom stereocenters. The summed E-state index contributed by atoms with van der Waals surface area (Å²) in [6.07, 6.45) is -0.0215. The molecular weight excluding hydrogens is 830 g/mol. The van der Waals surface area contributed by atoms with Crippen molar-refractivity contribution in [3.05, 3.63) is 62.5 Å². The number of hydrogen-bond acceptors (Lipinski definition) is 15. The van der Waals surface area contributed by atoms with Crippen molar-refractivity contribution >= 4 is 40.5 Å². The predicted octanol–water partition coefficient (Wildman–Crippen LogP) is 5.01. The highest BCUT2D eigenvalue weighted by Crippen LogP contribution is 2.39. The molecule has 0 fully saturated rings. The molecule has 1 amide bonds. The van der Waals surface area contributed by atoms with Crippen LogP contribution in [0.1, 0.15) is 73.4 Å². The van der Waals surface area contributed by atoms with Crippen LogP contribution in [-0.4, -0.2) is 150 Å². The lowest BCUT2D eigenvalue weighted by Crippen LogP contribution is -2.38. The molecule has 61 heavy (non-hydrogen) atoms. The molecular formula is C43H64ClN5O11S. The van der Waals surface area contributed by atoms with Gasteiger partial charge in [0.05, 0.1) is 105 Å². The number of benzene rings is 1. The Balaban J connectivity index is 1.15.